The summed E-state index contributed by atoms with van der Waals surface area (Å²) in [6, 6.07) is 1.80. The number of carboxylic acids is 1. The van der Waals surface area contributed by atoms with E-state index in [-0.39, 0.29) is 44.5 Å². The van der Waals surface area contributed by atoms with E-state index in [0.29, 0.717) is 0 Å². The number of carbonyl (C=O) groups is 1. The fourth-order valence-corrected chi connectivity index (χ4v) is 3.33. The first kappa shape index (κ1) is 15.8. The zero-order valence-corrected chi connectivity index (χ0v) is 11.6. The Bertz CT molecular complexity index is 611. The van der Waals surface area contributed by atoms with Gasteiger partial charge in [0.2, 0.25) is 5.54 Å². The van der Waals surface area contributed by atoms with Crippen molar-refractivity contribution in [2.45, 2.75) is 30.3 Å². The van der Waals surface area contributed by atoms with E-state index in [1.807, 2.05) is 0 Å². The van der Waals surface area contributed by atoms with Crippen LogP contribution in [0.2, 0.25) is 0 Å². The molecule has 1 saturated heterocycles. The summed E-state index contributed by atoms with van der Waals surface area (Å²) in [5.41, 5.74) is -3.30. The monoisotopic (exact) mass is 310 g/mol. The van der Waals surface area contributed by atoms with Gasteiger partial charge in [-0.15, -0.1) is 0 Å². The molecule has 2 unspecified atom stereocenters. The van der Waals surface area contributed by atoms with E-state index in [1.54, 1.807) is 6.07 Å². The number of rotatable bonds is 5. The fourth-order valence-electron chi connectivity index (χ4n) is 3.33. The maximum atomic E-state index is 11.5. The Morgan fingerprint density at radius 2 is 2.09 bits per heavy atom. The van der Waals surface area contributed by atoms with E-state index < -0.39 is 26.9 Å². The van der Waals surface area contributed by atoms with E-state index in [4.69, 9.17) is 10.4 Å². The topological polar surface area (TPSA) is 151 Å². The van der Waals surface area contributed by atoms with Gasteiger partial charge in [0, 0.05) is 28.0 Å². The Morgan fingerprint density at radius 1 is 1.41 bits per heavy atom. The second kappa shape index (κ2) is 5.34. The van der Waals surface area contributed by atoms with Crippen LogP contribution in [0, 0.1) is 31.6 Å². The van der Waals surface area contributed by atoms with E-state index in [1.165, 1.54) is 11.0 Å². The summed E-state index contributed by atoms with van der Waals surface area (Å²) in [5, 5.41) is 40.7. The highest BCUT2D eigenvalue weighted by Gasteiger charge is 2.63. The van der Waals surface area contributed by atoms with Gasteiger partial charge in [-0.3, -0.25) is 29.9 Å². The van der Waals surface area contributed by atoms with Gasteiger partial charge in [-0.2, -0.15) is 5.26 Å². The van der Waals surface area contributed by atoms with Gasteiger partial charge in [0.15, 0.2) is 0 Å². The molecule has 10 heteroatoms. The maximum Gasteiger partial charge on any atom is 0.304 e. The Kier molecular flexibility index (Phi) is 3.85. The predicted octanol–water partition coefficient (Wildman–Crippen LogP) is 0.0515. The van der Waals surface area contributed by atoms with Crippen LogP contribution in [0.3, 0.4) is 0 Å². The third kappa shape index (κ3) is 2.62. The molecule has 0 amide bonds. The van der Waals surface area contributed by atoms with Crippen molar-refractivity contribution in [3.05, 3.63) is 31.9 Å². The normalized spacial score (nSPS) is 31.0. The molecule has 118 valence electrons. The molecule has 0 aromatic heterocycles. The highest BCUT2D eigenvalue weighted by molar-refractivity contribution is 5.66. The second-order valence-electron chi connectivity index (χ2n) is 5.83. The summed E-state index contributed by atoms with van der Waals surface area (Å²) in [4.78, 5) is 33.9. The Labute approximate surface area is 124 Å². The highest BCUT2D eigenvalue weighted by Crippen LogP contribution is 2.42. The molecule has 1 fully saturated rings. The van der Waals surface area contributed by atoms with Crippen LogP contribution in [0.5, 0.6) is 0 Å². The average molecular weight is 310 g/mol. The van der Waals surface area contributed by atoms with Gasteiger partial charge in [0.1, 0.15) is 0 Å². The Hall–Kier alpha value is -2.54. The fraction of sp³-hybridized carbons (Fsp3) is 0.667. The van der Waals surface area contributed by atoms with Gasteiger partial charge >= 0.3 is 5.97 Å². The van der Waals surface area contributed by atoms with Crippen molar-refractivity contribution in [1.82, 2.24) is 4.90 Å². The van der Waals surface area contributed by atoms with Crippen LogP contribution >= 0.6 is 0 Å². The van der Waals surface area contributed by atoms with Gasteiger partial charge in [0.25, 0.3) is 5.54 Å². The Balaban J connectivity index is 2.42. The zero-order valence-electron chi connectivity index (χ0n) is 11.6. The number of piperidine rings is 1. The number of aliphatic carboxylic acids is 1. The molecular weight excluding hydrogens is 296 g/mol. The summed E-state index contributed by atoms with van der Waals surface area (Å²) < 4.78 is 0. The first-order valence-electron chi connectivity index (χ1n) is 6.58. The van der Waals surface area contributed by atoms with Gasteiger partial charge in [-0.25, -0.2) is 0 Å². The SMILES string of the molecule is N#CC1=CC2([N+](=O)[O-])CN(CCC(=O)O)CC([N+](=O)[O-])(C1)C2. The molecule has 2 rings (SSSR count). The minimum atomic E-state index is -1.72. The third-order valence-corrected chi connectivity index (χ3v) is 4.15. The minimum absolute atomic E-state index is 0.00373. The van der Waals surface area contributed by atoms with Crippen LogP contribution in [0.15, 0.2) is 11.6 Å². The van der Waals surface area contributed by atoms with E-state index in [0.717, 1.165) is 0 Å². The molecular formula is C12H14N4O6. The lowest BCUT2D eigenvalue weighted by atomic mass is 9.69. The summed E-state index contributed by atoms with van der Waals surface area (Å²) in [6.07, 6.45) is 0.489. The molecule has 1 aliphatic carbocycles. The molecule has 2 atom stereocenters. The summed E-state index contributed by atoms with van der Waals surface area (Å²) in [7, 11) is 0. The van der Waals surface area contributed by atoms with E-state index >= 15 is 0 Å². The predicted molar refractivity (Wildman–Crippen MR) is 71.1 cm³/mol. The minimum Gasteiger partial charge on any atom is -0.481 e. The van der Waals surface area contributed by atoms with Crippen LogP contribution < -0.4 is 0 Å². The van der Waals surface area contributed by atoms with Crippen molar-refractivity contribution in [3.8, 4) is 6.07 Å². The molecule has 0 spiro atoms. The standard InChI is InChI=1S/C12H14N4O6/c13-5-9-3-11(15(19)20)6-12(4-9,16(21)22)8-14(7-11)2-1-10(17)18/h3H,1-2,4,6-8H2,(H,17,18). The van der Waals surface area contributed by atoms with Crippen molar-refractivity contribution < 1.29 is 19.7 Å². The van der Waals surface area contributed by atoms with Crippen LogP contribution in [0.25, 0.3) is 0 Å². The van der Waals surface area contributed by atoms with Crippen molar-refractivity contribution in [1.29, 1.82) is 5.26 Å². The van der Waals surface area contributed by atoms with Crippen LogP contribution in [-0.4, -0.2) is 56.5 Å². The summed E-state index contributed by atoms with van der Waals surface area (Å²) in [5.74, 6) is -1.07. The highest BCUT2D eigenvalue weighted by atomic mass is 16.6. The number of likely N-dealkylation sites (tertiary alicyclic amines) is 1. The first-order chi connectivity index (χ1) is 10.2. The molecule has 2 aliphatic rings. The molecule has 22 heavy (non-hydrogen) atoms. The lowest BCUT2D eigenvalue weighted by Crippen LogP contribution is -2.66. The maximum absolute atomic E-state index is 11.5. The molecule has 1 aliphatic heterocycles. The molecule has 0 aromatic rings. The smallest absolute Gasteiger partial charge is 0.304 e. The molecule has 1 N–H and O–H groups in total. The number of nitrogens with zero attached hydrogens (tertiary/aromatic N) is 4. The van der Waals surface area contributed by atoms with Gasteiger partial charge in [-0.1, -0.05) is 0 Å². The molecule has 0 saturated carbocycles. The zero-order chi connectivity index (χ0) is 16.5. The number of hydrogen-bond donors (Lipinski definition) is 1. The number of nitro groups is 2. The lowest BCUT2D eigenvalue weighted by molar-refractivity contribution is -0.619. The largest absolute Gasteiger partial charge is 0.481 e. The quantitative estimate of drug-likeness (QED) is 0.552. The van der Waals surface area contributed by atoms with E-state index in [9.17, 15) is 25.0 Å². The van der Waals surface area contributed by atoms with Crippen molar-refractivity contribution in [2.75, 3.05) is 19.6 Å². The van der Waals surface area contributed by atoms with Gasteiger partial charge in [0.05, 0.1) is 38.4 Å². The van der Waals surface area contributed by atoms with Crippen molar-refractivity contribution >= 4 is 5.97 Å². The first-order valence-corrected chi connectivity index (χ1v) is 6.58. The van der Waals surface area contributed by atoms with Gasteiger partial charge in [-0.05, 0) is 0 Å². The average Bonchev–Trinajstić information content (AvgIpc) is 2.43. The molecule has 0 radical (unpaired) electrons. The lowest BCUT2D eigenvalue weighted by Gasteiger charge is -2.44. The number of fused-ring (bicyclic) bond motifs is 2. The van der Waals surface area contributed by atoms with Crippen LogP contribution in [-0.2, 0) is 4.79 Å². The van der Waals surface area contributed by atoms with Crippen molar-refractivity contribution in [2.24, 2.45) is 0 Å². The number of carboxylic acid groups (broad SMARTS) is 1. The molecule has 2 bridgehead atoms. The van der Waals surface area contributed by atoms with Crippen LogP contribution in [0.1, 0.15) is 19.3 Å². The molecule has 0 aromatic carbocycles. The third-order valence-electron chi connectivity index (χ3n) is 4.15. The second-order valence-corrected chi connectivity index (χ2v) is 5.83. The summed E-state index contributed by atoms with van der Waals surface area (Å²) in [6.45, 7) is -0.230. The number of nitriles is 1. The Morgan fingerprint density at radius 3 is 2.59 bits per heavy atom. The van der Waals surface area contributed by atoms with Gasteiger partial charge < -0.3 is 5.11 Å². The van der Waals surface area contributed by atoms with E-state index in [2.05, 4.69) is 0 Å². The van der Waals surface area contributed by atoms with Crippen molar-refractivity contribution in [3.63, 3.8) is 0 Å². The number of hydrogen-bond acceptors (Lipinski definition) is 7. The van der Waals surface area contributed by atoms with Crippen LogP contribution in [0.4, 0.5) is 0 Å². The molecule has 1 heterocycles. The molecule has 10 nitrogen and oxygen atoms in total. The summed E-state index contributed by atoms with van der Waals surface area (Å²) >= 11 is 0.